The molecule has 0 spiro atoms. The van der Waals surface area contributed by atoms with Crippen molar-refractivity contribution < 1.29 is 54.5 Å². The van der Waals surface area contributed by atoms with E-state index in [1.54, 1.807) is 0 Å². The third kappa shape index (κ3) is 5.85. The highest BCUT2D eigenvalue weighted by molar-refractivity contribution is 7.92. The number of anilines is 1. The van der Waals surface area contributed by atoms with E-state index in [-0.39, 0.29) is 55.0 Å². The molecule has 2 aliphatic rings. The number of carbonyl (C=O) groups is 1. The Bertz CT molecular complexity index is 1660. The number of carboxylic acids is 1. The molecule has 8 nitrogen and oxygen atoms in total. The van der Waals surface area contributed by atoms with E-state index in [9.17, 15) is 35.9 Å². The van der Waals surface area contributed by atoms with Crippen LogP contribution in [0, 0.1) is 17.0 Å². The second-order valence-electron chi connectivity index (χ2n) is 10.4. The van der Waals surface area contributed by atoms with Crippen LogP contribution in [0.15, 0.2) is 59.5 Å². The molecule has 3 aromatic carbocycles. The number of benzene rings is 3. The summed E-state index contributed by atoms with van der Waals surface area (Å²) in [5.74, 6) is -3.29. The summed E-state index contributed by atoms with van der Waals surface area (Å²) in [4.78, 5) is 11.6. The van der Waals surface area contributed by atoms with Crippen LogP contribution >= 0.6 is 0 Å². The standard InChI is InChI=1S/C29H26F5NO7S/c1-40-25-14-19(30)13-22(26(25)31)17-5-6-24-23(11-17)35(43(38,39)21-4-2-3-18(12-21)29(32,33)34)16-20(42-24)15-28(27(36)37)7-9-41-10-8-28/h2-6,11-14,20H,7-10,15-16H2,1H3,(H,36,37). The number of carboxylic acid groups (broad SMARTS) is 1. The minimum absolute atomic E-state index is 0.0341. The predicted octanol–water partition coefficient (Wildman–Crippen LogP) is 5.89. The van der Waals surface area contributed by atoms with Crippen molar-refractivity contribution in [3.8, 4) is 22.6 Å². The van der Waals surface area contributed by atoms with E-state index in [4.69, 9.17) is 14.2 Å². The maximum atomic E-state index is 15.1. The van der Waals surface area contributed by atoms with Crippen LogP contribution in [-0.2, 0) is 25.7 Å². The highest BCUT2D eigenvalue weighted by atomic mass is 32.2. The number of aliphatic carboxylic acids is 1. The third-order valence-corrected chi connectivity index (χ3v) is 9.47. The third-order valence-electron chi connectivity index (χ3n) is 7.70. The van der Waals surface area contributed by atoms with Gasteiger partial charge < -0.3 is 19.3 Å². The van der Waals surface area contributed by atoms with Crippen molar-refractivity contribution >= 4 is 21.7 Å². The Balaban J connectivity index is 1.63. The van der Waals surface area contributed by atoms with Crippen molar-refractivity contribution in [2.24, 2.45) is 5.41 Å². The van der Waals surface area contributed by atoms with E-state index in [0.717, 1.165) is 41.7 Å². The summed E-state index contributed by atoms with van der Waals surface area (Å²) < 4.78 is 115. The molecule has 1 unspecified atom stereocenters. The van der Waals surface area contributed by atoms with Gasteiger partial charge in [-0.15, -0.1) is 0 Å². The molecule has 14 heteroatoms. The molecule has 1 N–H and O–H groups in total. The number of nitrogens with zero attached hydrogens (tertiary/aromatic N) is 1. The molecule has 5 rings (SSSR count). The lowest BCUT2D eigenvalue weighted by molar-refractivity contribution is -0.157. The molecule has 0 bridgehead atoms. The number of halogens is 5. The molecule has 2 heterocycles. The quantitative estimate of drug-likeness (QED) is 0.326. The van der Waals surface area contributed by atoms with Gasteiger partial charge in [0.05, 0.1) is 35.2 Å². The largest absolute Gasteiger partial charge is 0.494 e. The monoisotopic (exact) mass is 627 g/mol. The molecule has 230 valence electrons. The smallest absolute Gasteiger partial charge is 0.416 e. The van der Waals surface area contributed by atoms with Gasteiger partial charge in [-0.05, 0) is 54.8 Å². The van der Waals surface area contributed by atoms with Gasteiger partial charge in [0.1, 0.15) is 17.7 Å². The molecule has 1 fully saturated rings. The van der Waals surface area contributed by atoms with Crippen molar-refractivity contribution in [3.63, 3.8) is 0 Å². The summed E-state index contributed by atoms with van der Waals surface area (Å²) in [6.45, 7) is -0.109. The zero-order valence-electron chi connectivity index (χ0n) is 22.7. The first kappa shape index (κ1) is 30.5. The minimum Gasteiger partial charge on any atom is -0.494 e. The van der Waals surface area contributed by atoms with Gasteiger partial charge in [0.15, 0.2) is 11.6 Å². The van der Waals surface area contributed by atoms with E-state index >= 15 is 4.39 Å². The number of rotatable bonds is 7. The minimum atomic E-state index is -4.82. The summed E-state index contributed by atoms with van der Waals surface area (Å²) in [7, 11) is -3.57. The van der Waals surface area contributed by atoms with Crippen LogP contribution in [0.1, 0.15) is 24.8 Å². The number of sulfonamides is 1. The van der Waals surface area contributed by atoms with Crippen LogP contribution in [0.4, 0.5) is 27.6 Å². The van der Waals surface area contributed by atoms with E-state index in [1.165, 1.54) is 18.2 Å². The normalized spacial score (nSPS) is 18.5. The lowest BCUT2D eigenvalue weighted by Crippen LogP contribution is -2.48. The highest BCUT2D eigenvalue weighted by Crippen LogP contribution is 2.45. The average Bonchev–Trinajstić information content (AvgIpc) is 2.97. The Hall–Kier alpha value is -3.91. The second-order valence-corrected chi connectivity index (χ2v) is 12.2. The molecular weight excluding hydrogens is 601 g/mol. The molecule has 0 aliphatic carbocycles. The zero-order valence-corrected chi connectivity index (χ0v) is 23.5. The summed E-state index contributed by atoms with van der Waals surface area (Å²) in [6, 6.07) is 8.81. The van der Waals surface area contributed by atoms with Crippen LogP contribution in [0.2, 0.25) is 0 Å². The molecule has 0 radical (unpaired) electrons. The van der Waals surface area contributed by atoms with Gasteiger partial charge in [0.25, 0.3) is 10.0 Å². The molecule has 43 heavy (non-hydrogen) atoms. The van der Waals surface area contributed by atoms with Crippen molar-refractivity contribution in [2.75, 3.05) is 31.2 Å². The summed E-state index contributed by atoms with van der Waals surface area (Å²) in [5, 5.41) is 10.1. The van der Waals surface area contributed by atoms with Crippen LogP contribution in [0.25, 0.3) is 11.1 Å². The fourth-order valence-electron chi connectivity index (χ4n) is 5.40. The SMILES string of the molecule is COc1cc(F)cc(-c2ccc3c(c2)N(S(=O)(=O)c2cccc(C(F)(F)F)c2)CC(CC2(C(=O)O)CCOCC2)O3)c1F. The molecule has 1 atom stereocenters. The number of hydrogen-bond acceptors (Lipinski definition) is 6. The first-order chi connectivity index (χ1) is 20.2. The number of fused-ring (bicyclic) bond motifs is 1. The summed E-state index contributed by atoms with van der Waals surface area (Å²) in [6.07, 6.45) is -5.66. The van der Waals surface area contributed by atoms with Crippen LogP contribution in [0.5, 0.6) is 11.5 Å². The molecule has 0 amide bonds. The van der Waals surface area contributed by atoms with Gasteiger partial charge in [-0.1, -0.05) is 12.1 Å². The maximum Gasteiger partial charge on any atom is 0.416 e. The van der Waals surface area contributed by atoms with Crippen molar-refractivity contribution in [1.29, 1.82) is 0 Å². The first-order valence-corrected chi connectivity index (χ1v) is 14.5. The molecule has 0 aromatic heterocycles. The van der Waals surface area contributed by atoms with Gasteiger partial charge >= 0.3 is 12.1 Å². The molecule has 2 aliphatic heterocycles. The van der Waals surface area contributed by atoms with Gasteiger partial charge in [-0.25, -0.2) is 17.2 Å². The first-order valence-electron chi connectivity index (χ1n) is 13.1. The van der Waals surface area contributed by atoms with E-state index < -0.39 is 68.1 Å². The Kier molecular flexibility index (Phi) is 8.03. The number of alkyl halides is 3. The predicted molar refractivity (Wildman–Crippen MR) is 143 cm³/mol. The number of hydrogen-bond donors (Lipinski definition) is 1. The van der Waals surface area contributed by atoms with Crippen LogP contribution < -0.4 is 13.8 Å². The van der Waals surface area contributed by atoms with Crippen LogP contribution in [0.3, 0.4) is 0 Å². The van der Waals surface area contributed by atoms with Crippen molar-refractivity contribution in [2.45, 2.75) is 36.4 Å². The Labute approximate surface area is 243 Å². The molecule has 0 saturated carbocycles. The van der Waals surface area contributed by atoms with E-state index in [1.807, 2.05) is 0 Å². The second kappa shape index (κ2) is 11.3. The van der Waals surface area contributed by atoms with Crippen molar-refractivity contribution in [3.05, 3.63) is 71.8 Å². The molecule has 3 aromatic rings. The molecule has 1 saturated heterocycles. The highest BCUT2D eigenvalue weighted by Gasteiger charge is 2.45. The average molecular weight is 628 g/mol. The molecular formula is C29H26F5NO7S. The Morgan fingerprint density at radius 1 is 1.09 bits per heavy atom. The van der Waals surface area contributed by atoms with Crippen molar-refractivity contribution in [1.82, 2.24) is 0 Å². The van der Waals surface area contributed by atoms with Gasteiger partial charge in [0, 0.05) is 31.3 Å². The fourth-order valence-corrected chi connectivity index (χ4v) is 6.94. The van der Waals surface area contributed by atoms with E-state index in [2.05, 4.69) is 0 Å². The van der Waals surface area contributed by atoms with Gasteiger partial charge in [0.2, 0.25) is 0 Å². The topological polar surface area (TPSA) is 102 Å². The lowest BCUT2D eigenvalue weighted by Gasteiger charge is -2.40. The van der Waals surface area contributed by atoms with Crippen LogP contribution in [-0.4, -0.2) is 52.5 Å². The zero-order chi connectivity index (χ0) is 31.2. The number of methoxy groups -OCH3 is 1. The van der Waals surface area contributed by atoms with Gasteiger partial charge in [-0.2, -0.15) is 13.2 Å². The Morgan fingerprint density at radius 3 is 2.47 bits per heavy atom. The summed E-state index contributed by atoms with van der Waals surface area (Å²) >= 11 is 0. The lowest BCUT2D eigenvalue weighted by atomic mass is 9.75. The Morgan fingerprint density at radius 2 is 1.81 bits per heavy atom. The fraction of sp³-hybridized carbons (Fsp3) is 0.345. The number of ether oxygens (including phenoxy) is 3. The maximum absolute atomic E-state index is 15.1. The summed E-state index contributed by atoms with van der Waals surface area (Å²) in [5.41, 5.74) is -2.84. The van der Waals surface area contributed by atoms with E-state index in [0.29, 0.717) is 6.07 Å². The van der Waals surface area contributed by atoms with Gasteiger partial charge in [-0.3, -0.25) is 9.10 Å².